The number of fused-ring (bicyclic) bond motifs is 1. The highest BCUT2D eigenvalue weighted by molar-refractivity contribution is 5.97. The van der Waals surface area contributed by atoms with E-state index in [1.807, 2.05) is 13.8 Å². The summed E-state index contributed by atoms with van der Waals surface area (Å²) in [6.45, 7) is 4.18. The molecule has 9 heteroatoms. The summed E-state index contributed by atoms with van der Waals surface area (Å²) in [5.74, 6) is -1.75. The average molecular weight is 333 g/mol. The van der Waals surface area contributed by atoms with E-state index >= 15 is 0 Å². The van der Waals surface area contributed by atoms with Crippen molar-refractivity contribution < 1.29 is 14.7 Å². The largest absolute Gasteiger partial charge is 0.494 e. The third-order valence-electron chi connectivity index (χ3n) is 3.79. The molecule has 0 radical (unpaired) electrons. The molecule has 1 saturated carbocycles. The quantitative estimate of drug-likeness (QED) is 0.700. The summed E-state index contributed by atoms with van der Waals surface area (Å²) in [6.07, 6.45) is 1.70. The lowest BCUT2D eigenvalue weighted by molar-refractivity contribution is 0.0943. The molecule has 3 rings (SSSR count). The van der Waals surface area contributed by atoms with E-state index < -0.39 is 23.3 Å². The number of hydrogen-bond donors (Lipinski definition) is 3. The second-order valence-corrected chi connectivity index (χ2v) is 6.42. The zero-order chi connectivity index (χ0) is 17.6. The molecule has 0 aliphatic heterocycles. The number of nitrogens with zero attached hydrogens (tertiary/aromatic N) is 3. The summed E-state index contributed by atoms with van der Waals surface area (Å²) < 4.78 is 2.33. The smallest absolute Gasteiger partial charge is 0.291 e. The topological polar surface area (TPSA) is 132 Å². The van der Waals surface area contributed by atoms with Gasteiger partial charge in [0, 0.05) is 18.7 Å². The second kappa shape index (κ2) is 5.66. The number of nitrogens with two attached hydrogens (primary N) is 1. The normalized spacial score (nSPS) is 14.3. The SMILES string of the molecule is CC(C)Cn1c(O)c(C(=O)NC2CC2)c(=O)n2nc(C(N)=O)cc12. The van der Waals surface area contributed by atoms with E-state index in [2.05, 4.69) is 10.4 Å². The molecular formula is C15H19N5O4. The van der Waals surface area contributed by atoms with E-state index in [1.54, 1.807) is 0 Å². The van der Waals surface area contributed by atoms with Crippen LogP contribution in [0.5, 0.6) is 5.88 Å². The number of carbonyl (C=O) groups excluding carboxylic acids is 2. The van der Waals surface area contributed by atoms with Gasteiger partial charge in [-0.2, -0.15) is 9.61 Å². The van der Waals surface area contributed by atoms with Gasteiger partial charge in [-0.1, -0.05) is 13.8 Å². The van der Waals surface area contributed by atoms with Crippen LogP contribution in [-0.4, -0.2) is 37.1 Å². The van der Waals surface area contributed by atoms with E-state index in [0.717, 1.165) is 17.4 Å². The van der Waals surface area contributed by atoms with Crippen molar-refractivity contribution in [3.8, 4) is 5.88 Å². The number of amides is 2. The molecule has 2 heterocycles. The molecule has 0 spiro atoms. The van der Waals surface area contributed by atoms with Gasteiger partial charge in [0.05, 0.1) is 0 Å². The van der Waals surface area contributed by atoms with Crippen LogP contribution >= 0.6 is 0 Å². The Kier molecular flexibility index (Phi) is 3.78. The lowest BCUT2D eigenvalue weighted by atomic mass is 10.2. The Morgan fingerprint density at radius 2 is 2.12 bits per heavy atom. The fourth-order valence-electron chi connectivity index (χ4n) is 2.51. The molecule has 2 amide bonds. The Morgan fingerprint density at radius 1 is 1.46 bits per heavy atom. The second-order valence-electron chi connectivity index (χ2n) is 6.42. The van der Waals surface area contributed by atoms with Gasteiger partial charge >= 0.3 is 0 Å². The van der Waals surface area contributed by atoms with Crippen LogP contribution in [-0.2, 0) is 6.54 Å². The zero-order valence-corrected chi connectivity index (χ0v) is 13.4. The number of aromatic hydroxyl groups is 1. The van der Waals surface area contributed by atoms with Gasteiger partial charge in [0.2, 0.25) is 5.88 Å². The summed E-state index contributed by atoms with van der Waals surface area (Å²) in [4.78, 5) is 36.3. The molecule has 2 aromatic heterocycles. The highest BCUT2D eigenvalue weighted by Gasteiger charge is 2.29. The number of hydrogen-bond acceptors (Lipinski definition) is 5. The lowest BCUT2D eigenvalue weighted by Crippen LogP contribution is -2.34. The maximum absolute atomic E-state index is 12.6. The maximum atomic E-state index is 12.6. The van der Waals surface area contributed by atoms with Crippen molar-refractivity contribution in [3.63, 3.8) is 0 Å². The number of rotatable bonds is 5. The summed E-state index contributed by atoms with van der Waals surface area (Å²) in [7, 11) is 0. The Balaban J connectivity index is 2.25. The Labute approximate surface area is 137 Å². The molecule has 0 unspecified atom stereocenters. The standard InChI is InChI=1S/C15H19N5O4/c1-7(2)6-19-10-5-9(12(16)21)18-20(10)15(24)11(14(19)23)13(22)17-8-3-4-8/h5,7-8,23H,3-4,6H2,1-2H3,(H2,16,21)(H,17,22). The molecule has 1 aliphatic carbocycles. The van der Waals surface area contributed by atoms with E-state index in [4.69, 9.17) is 5.73 Å². The third kappa shape index (κ3) is 2.72. The molecule has 2 aromatic rings. The Hall–Kier alpha value is -2.84. The van der Waals surface area contributed by atoms with Gasteiger partial charge in [-0.25, -0.2) is 0 Å². The van der Waals surface area contributed by atoms with Crippen LogP contribution in [0.15, 0.2) is 10.9 Å². The van der Waals surface area contributed by atoms with Crippen molar-refractivity contribution in [2.45, 2.75) is 39.3 Å². The monoisotopic (exact) mass is 333 g/mol. The fourth-order valence-corrected chi connectivity index (χ4v) is 2.51. The predicted molar refractivity (Wildman–Crippen MR) is 85.0 cm³/mol. The van der Waals surface area contributed by atoms with Crippen molar-refractivity contribution in [1.29, 1.82) is 0 Å². The predicted octanol–water partition coefficient (Wildman–Crippen LogP) is -0.151. The van der Waals surface area contributed by atoms with Crippen LogP contribution in [0.4, 0.5) is 0 Å². The minimum Gasteiger partial charge on any atom is -0.494 e. The van der Waals surface area contributed by atoms with Crippen LogP contribution in [0.1, 0.15) is 47.5 Å². The van der Waals surface area contributed by atoms with Gasteiger partial charge in [-0.15, -0.1) is 0 Å². The molecule has 128 valence electrons. The first-order valence-corrected chi connectivity index (χ1v) is 7.75. The van der Waals surface area contributed by atoms with Crippen molar-refractivity contribution in [2.24, 2.45) is 11.7 Å². The van der Waals surface area contributed by atoms with Crippen LogP contribution in [0.25, 0.3) is 5.65 Å². The van der Waals surface area contributed by atoms with Crippen molar-refractivity contribution in [3.05, 3.63) is 27.7 Å². The minimum absolute atomic E-state index is 0.0318. The summed E-state index contributed by atoms with van der Waals surface area (Å²) in [5, 5.41) is 17.1. The highest BCUT2D eigenvalue weighted by atomic mass is 16.3. The average Bonchev–Trinajstić information content (AvgIpc) is 3.17. The molecule has 24 heavy (non-hydrogen) atoms. The molecule has 0 aromatic carbocycles. The summed E-state index contributed by atoms with van der Waals surface area (Å²) in [6, 6.07) is 1.36. The van der Waals surface area contributed by atoms with E-state index in [-0.39, 0.29) is 28.9 Å². The summed E-state index contributed by atoms with van der Waals surface area (Å²) >= 11 is 0. The van der Waals surface area contributed by atoms with Crippen LogP contribution in [0.2, 0.25) is 0 Å². The minimum atomic E-state index is -0.794. The van der Waals surface area contributed by atoms with Crippen molar-refractivity contribution >= 4 is 17.5 Å². The molecule has 4 N–H and O–H groups in total. The number of carbonyl (C=O) groups is 2. The highest BCUT2D eigenvalue weighted by Crippen LogP contribution is 2.23. The van der Waals surface area contributed by atoms with E-state index in [9.17, 15) is 19.5 Å². The molecule has 0 bridgehead atoms. The van der Waals surface area contributed by atoms with Crippen molar-refractivity contribution in [2.75, 3.05) is 0 Å². The first kappa shape index (κ1) is 16.0. The molecule has 1 aliphatic rings. The zero-order valence-electron chi connectivity index (χ0n) is 13.4. The van der Waals surface area contributed by atoms with Gasteiger partial charge in [0.15, 0.2) is 11.3 Å². The Morgan fingerprint density at radius 3 is 2.67 bits per heavy atom. The number of aromatic nitrogens is 3. The van der Waals surface area contributed by atoms with E-state index in [0.29, 0.717) is 6.54 Å². The first-order chi connectivity index (χ1) is 11.3. The van der Waals surface area contributed by atoms with Gasteiger partial charge in [0.1, 0.15) is 5.65 Å². The number of nitrogens with one attached hydrogen (secondary N) is 1. The summed E-state index contributed by atoms with van der Waals surface area (Å²) in [5.41, 5.74) is 4.16. The maximum Gasteiger partial charge on any atom is 0.291 e. The molecule has 0 saturated heterocycles. The molecule has 1 fully saturated rings. The van der Waals surface area contributed by atoms with Gasteiger partial charge in [-0.3, -0.25) is 19.0 Å². The number of primary amides is 1. The van der Waals surface area contributed by atoms with Crippen LogP contribution in [0, 0.1) is 5.92 Å². The Bertz CT molecular complexity index is 891. The van der Waals surface area contributed by atoms with Crippen LogP contribution in [0.3, 0.4) is 0 Å². The molecule has 9 nitrogen and oxygen atoms in total. The van der Waals surface area contributed by atoms with Crippen LogP contribution < -0.4 is 16.6 Å². The van der Waals surface area contributed by atoms with Gasteiger partial charge in [0.25, 0.3) is 17.4 Å². The van der Waals surface area contributed by atoms with Crippen molar-refractivity contribution in [1.82, 2.24) is 19.5 Å². The van der Waals surface area contributed by atoms with E-state index in [1.165, 1.54) is 10.6 Å². The first-order valence-electron chi connectivity index (χ1n) is 7.75. The van der Waals surface area contributed by atoms with Gasteiger partial charge in [-0.05, 0) is 18.8 Å². The molecule has 0 atom stereocenters. The molecular weight excluding hydrogens is 314 g/mol. The van der Waals surface area contributed by atoms with Gasteiger partial charge < -0.3 is 16.2 Å². The third-order valence-corrected chi connectivity index (χ3v) is 3.79. The lowest BCUT2D eigenvalue weighted by Gasteiger charge is -2.16. The fraction of sp³-hybridized carbons (Fsp3) is 0.467.